The van der Waals surface area contributed by atoms with E-state index in [1.54, 1.807) is 18.4 Å². The van der Waals surface area contributed by atoms with Crippen molar-refractivity contribution < 1.29 is 9.34 Å². The van der Waals surface area contributed by atoms with Crippen LogP contribution in [0.25, 0.3) is 32.9 Å². The molecule has 0 fully saturated rings. The van der Waals surface area contributed by atoms with Crippen LogP contribution in [0.15, 0.2) is 71.3 Å². The third kappa shape index (κ3) is 1.85. The maximum atomic E-state index is 11.0. The standard InChI is InChI=1S/C18H11NO3/c20-19(21)14-6-3-5-13(10-14)16-11-22-17-9-8-12-4-1-2-7-15(12)18(16)17/h1-11H. The average molecular weight is 289 g/mol. The molecule has 4 nitrogen and oxygen atoms in total. The summed E-state index contributed by atoms with van der Waals surface area (Å²) in [5.74, 6) is 0. The molecule has 0 aliphatic heterocycles. The van der Waals surface area contributed by atoms with Crippen LogP contribution in [0, 0.1) is 10.1 Å². The summed E-state index contributed by atoms with van der Waals surface area (Å²) in [5.41, 5.74) is 2.51. The molecule has 106 valence electrons. The third-order valence-electron chi connectivity index (χ3n) is 3.83. The molecule has 0 unspecified atom stereocenters. The fourth-order valence-electron chi connectivity index (χ4n) is 2.81. The Morgan fingerprint density at radius 2 is 1.82 bits per heavy atom. The molecule has 22 heavy (non-hydrogen) atoms. The molecular formula is C18H11NO3. The highest BCUT2D eigenvalue weighted by Crippen LogP contribution is 2.36. The van der Waals surface area contributed by atoms with Gasteiger partial charge in [-0.15, -0.1) is 0 Å². The molecule has 0 bridgehead atoms. The van der Waals surface area contributed by atoms with Gasteiger partial charge in [0.1, 0.15) is 5.58 Å². The van der Waals surface area contributed by atoms with Crippen LogP contribution >= 0.6 is 0 Å². The van der Waals surface area contributed by atoms with Crippen molar-refractivity contribution in [2.45, 2.75) is 0 Å². The van der Waals surface area contributed by atoms with Crippen molar-refractivity contribution >= 4 is 27.4 Å². The molecule has 0 amide bonds. The molecule has 4 rings (SSSR count). The zero-order chi connectivity index (χ0) is 15.1. The molecule has 1 aromatic heterocycles. The van der Waals surface area contributed by atoms with Gasteiger partial charge in [-0.1, -0.05) is 42.5 Å². The Kier molecular flexibility index (Phi) is 2.69. The van der Waals surface area contributed by atoms with E-state index < -0.39 is 0 Å². The van der Waals surface area contributed by atoms with E-state index in [2.05, 4.69) is 0 Å². The Morgan fingerprint density at radius 1 is 0.955 bits per heavy atom. The van der Waals surface area contributed by atoms with E-state index in [1.165, 1.54) is 6.07 Å². The minimum atomic E-state index is -0.385. The normalized spacial score (nSPS) is 11.1. The zero-order valence-corrected chi connectivity index (χ0v) is 11.5. The van der Waals surface area contributed by atoms with Crippen LogP contribution in [0.3, 0.4) is 0 Å². The maximum absolute atomic E-state index is 11.0. The van der Waals surface area contributed by atoms with Gasteiger partial charge in [0.25, 0.3) is 5.69 Å². The Bertz CT molecular complexity index is 1020. The Balaban J connectivity index is 2.05. The maximum Gasteiger partial charge on any atom is 0.270 e. The highest BCUT2D eigenvalue weighted by Gasteiger charge is 2.14. The molecule has 0 spiro atoms. The summed E-state index contributed by atoms with van der Waals surface area (Å²) >= 11 is 0. The van der Waals surface area contributed by atoms with Crippen molar-refractivity contribution in [3.8, 4) is 11.1 Å². The predicted molar refractivity (Wildman–Crippen MR) is 85.8 cm³/mol. The average Bonchev–Trinajstić information content (AvgIpc) is 2.99. The second-order valence-electron chi connectivity index (χ2n) is 5.12. The molecule has 0 aliphatic carbocycles. The van der Waals surface area contributed by atoms with Gasteiger partial charge in [0, 0.05) is 23.1 Å². The van der Waals surface area contributed by atoms with Gasteiger partial charge in [0.05, 0.1) is 11.2 Å². The number of benzene rings is 3. The lowest BCUT2D eigenvalue weighted by Gasteiger charge is -2.02. The van der Waals surface area contributed by atoms with E-state index in [1.807, 2.05) is 42.5 Å². The first kappa shape index (κ1) is 12.6. The second kappa shape index (κ2) is 4.70. The number of hydrogen-bond donors (Lipinski definition) is 0. The van der Waals surface area contributed by atoms with Gasteiger partial charge in [-0.2, -0.15) is 0 Å². The topological polar surface area (TPSA) is 56.3 Å². The number of non-ortho nitro benzene ring substituents is 1. The lowest BCUT2D eigenvalue weighted by atomic mass is 9.99. The predicted octanol–water partition coefficient (Wildman–Crippen LogP) is 5.16. The van der Waals surface area contributed by atoms with Gasteiger partial charge in [0.15, 0.2) is 0 Å². The number of rotatable bonds is 2. The molecule has 0 radical (unpaired) electrons. The van der Waals surface area contributed by atoms with Crippen molar-refractivity contribution in [3.05, 3.63) is 77.0 Å². The van der Waals surface area contributed by atoms with Crippen molar-refractivity contribution in [1.82, 2.24) is 0 Å². The van der Waals surface area contributed by atoms with Gasteiger partial charge < -0.3 is 4.42 Å². The van der Waals surface area contributed by atoms with Crippen LogP contribution in [0.1, 0.15) is 0 Å². The van der Waals surface area contributed by atoms with E-state index >= 15 is 0 Å². The minimum Gasteiger partial charge on any atom is -0.464 e. The van der Waals surface area contributed by atoms with E-state index in [4.69, 9.17) is 4.42 Å². The number of nitro groups is 1. The highest BCUT2D eigenvalue weighted by atomic mass is 16.6. The molecule has 0 aliphatic rings. The largest absolute Gasteiger partial charge is 0.464 e. The summed E-state index contributed by atoms with van der Waals surface area (Å²) in [6.45, 7) is 0. The first-order chi connectivity index (χ1) is 10.7. The molecule has 0 saturated carbocycles. The number of nitro benzene ring substituents is 1. The van der Waals surface area contributed by atoms with Crippen LogP contribution in [0.2, 0.25) is 0 Å². The van der Waals surface area contributed by atoms with E-state index in [0.717, 1.165) is 32.9 Å². The van der Waals surface area contributed by atoms with Crippen LogP contribution in [-0.4, -0.2) is 4.92 Å². The molecule has 0 saturated heterocycles. The number of furan rings is 1. The lowest BCUT2D eigenvalue weighted by Crippen LogP contribution is -1.87. The minimum absolute atomic E-state index is 0.0760. The molecule has 4 heteroatoms. The number of hydrogen-bond acceptors (Lipinski definition) is 3. The fraction of sp³-hybridized carbons (Fsp3) is 0. The zero-order valence-electron chi connectivity index (χ0n) is 11.5. The highest BCUT2D eigenvalue weighted by molar-refractivity contribution is 6.12. The monoisotopic (exact) mass is 289 g/mol. The van der Waals surface area contributed by atoms with E-state index in [-0.39, 0.29) is 10.6 Å². The summed E-state index contributed by atoms with van der Waals surface area (Å²) in [6, 6.07) is 18.6. The molecular weight excluding hydrogens is 278 g/mol. The quantitative estimate of drug-likeness (QED) is 0.378. The van der Waals surface area contributed by atoms with Gasteiger partial charge >= 0.3 is 0 Å². The van der Waals surface area contributed by atoms with E-state index in [9.17, 15) is 10.1 Å². The lowest BCUT2D eigenvalue weighted by molar-refractivity contribution is -0.384. The van der Waals surface area contributed by atoms with Crippen molar-refractivity contribution in [2.24, 2.45) is 0 Å². The summed E-state index contributed by atoms with van der Waals surface area (Å²) < 4.78 is 5.64. The first-order valence-electron chi connectivity index (χ1n) is 6.88. The van der Waals surface area contributed by atoms with Gasteiger partial charge in [-0.05, 0) is 22.4 Å². The number of nitrogens with zero attached hydrogens (tertiary/aromatic N) is 1. The molecule has 4 aromatic rings. The van der Waals surface area contributed by atoms with Gasteiger partial charge in [-0.3, -0.25) is 10.1 Å². The Morgan fingerprint density at radius 3 is 2.68 bits per heavy atom. The van der Waals surface area contributed by atoms with Crippen molar-refractivity contribution in [3.63, 3.8) is 0 Å². The third-order valence-corrected chi connectivity index (χ3v) is 3.83. The fourth-order valence-corrected chi connectivity index (χ4v) is 2.81. The smallest absolute Gasteiger partial charge is 0.270 e. The summed E-state index contributed by atoms with van der Waals surface area (Å²) in [6.07, 6.45) is 1.66. The number of fused-ring (bicyclic) bond motifs is 3. The SMILES string of the molecule is O=[N+]([O-])c1cccc(-c2coc3ccc4ccccc4c23)c1. The summed E-state index contributed by atoms with van der Waals surface area (Å²) in [4.78, 5) is 10.6. The Hall–Kier alpha value is -3.14. The Labute approximate surface area is 125 Å². The second-order valence-corrected chi connectivity index (χ2v) is 5.12. The van der Waals surface area contributed by atoms with Crippen molar-refractivity contribution in [2.75, 3.05) is 0 Å². The van der Waals surface area contributed by atoms with Gasteiger partial charge in [0.2, 0.25) is 0 Å². The molecule has 3 aromatic carbocycles. The summed E-state index contributed by atoms with van der Waals surface area (Å²) in [7, 11) is 0. The van der Waals surface area contributed by atoms with Crippen LogP contribution in [0.5, 0.6) is 0 Å². The molecule has 1 heterocycles. The first-order valence-corrected chi connectivity index (χ1v) is 6.88. The summed E-state index contributed by atoms with van der Waals surface area (Å²) in [5, 5.41) is 14.2. The van der Waals surface area contributed by atoms with Gasteiger partial charge in [-0.25, -0.2) is 0 Å². The van der Waals surface area contributed by atoms with Crippen molar-refractivity contribution in [1.29, 1.82) is 0 Å². The van der Waals surface area contributed by atoms with E-state index in [0.29, 0.717) is 0 Å². The van der Waals surface area contributed by atoms with Crippen LogP contribution in [0.4, 0.5) is 5.69 Å². The van der Waals surface area contributed by atoms with Crippen LogP contribution in [-0.2, 0) is 0 Å². The van der Waals surface area contributed by atoms with Crippen LogP contribution < -0.4 is 0 Å². The molecule has 0 atom stereocenters. The molecule has 0 N–H and O–H groups in total.